The first-order chi connectivity index (χ1) is 7.09. The largest absolute Gasteiger partial charge is 0.363 e. The standard InChI is InChI=1S/C9H7BrFN3O/c1-14-9(15)12-8(13-14)5-3-2-4-6(11)7(5)10/h2-4H,1H3,(H,12,13,15). The van der Waals surface area contributed by atoms with Gasteiger partial charge in [0.1, 0.15) is 5.82 Å². The molecule has 0 saturated heterocycles. The van der Waals surface area contributed by atoms with Crippen molar-refractivity contribution < 1.29 is 4.39 Å². The SMILES string of the molecule is Cn1[nH]c(-c2cccc(F)c2Br)nc1=O. The molecular formula is C9H7BrFN3O. The minimum absolute atomic E-state index is 0.291. The number of H-pyrrole nitrogens is 1. The monoisotopic (exact) mass is 271 g/mol. The summed E-state index contributed by atoms with van der Waals surface area (Å²) < 4.78 is 14.7. The first-order valence-electron chi connectivity index (χ1n) is 4.17. The smallest absolute Gasteiger partial charge is 0.277 e. The zero-order valence-electron chi connectivity index (χ0n) is 7.79. The summed E-state index contributed by atoms with van der Waals surface area (Å²) in [4.78, 5) is 14.9. The summed E-state index contributed by atoms with van der Waals surface area (Å²) in [7, 11) is 1.55. The van der Waals surface area contributed by atoms with E-state index in [0.29, 0.717) is 15.9 Å². The van der Waals surface area contributed by atoms with E-state index in [1.165, 1.54) is 10.7 Å². The van der Waals surface area contributed by atoms with Crippen molar-refractivity contribution >= 4 is 15.9 Å². The first-order valence-corrected chi connectivity index (χ1v) is 4.96. The van der Waals surface area contributed by atoms with E-state index in [1.54, 1.807) is 19.2 Å². The average molecular weight is 272 g/mol. The molecule has 2 aromatic rings. The van der Waals surface area contributed by atoms with E-state index in [4.69, 9.17) is 0 Å². The van der Waals surface area contributed by atoms with Crippen LogP contribution in [-0.2, 0) is 7.05 Å². The summed E-state index contributed by atoms with van der Waals surface area (Å²) in [5.41, 5.74) is 0.119. The number of aromatic nitrogens is 3. The molecular weight excluding hydrogens is 265 g/mol. The van der Waals surface area contributed by atoms with Gasteiger partial charge in [-0.15, -0.1) is 0 Å². The summed E-state index contributed by atoms with van der Waals surface area (Å²) in [5, 5.41) is 2.73. The van der Waals surface area contributed by atoms with Gasteiger partial charge < -0.3 is 0 Å². The highest BCUT2D eigenvalue weighted by atomic mass is 79.9. The third kappa shape index (κ3) is 1.72. The van der Waals surface area contributed by atoms with Gasteiger partial charge in [-0.25, -0.2) is 13.9 Å². The van der Waals surface area contributed by atoms with Gasteiger partial charge in [0.15, 0.2) is 5.82 Å². The van der Waals surface area contributed by atoms with E-state index < -0.39 is 5.69 Å². The third-order valence-corrected chi connectivity index (χ3v) is 2.78. The van der Waals surface area contributed by atoms with Crippen molar-refractivity contribution in [2.45, 2.75) is 0 Å². The fraction of sp³-hybridized carbons (Fsp3) is 0.111. The maximum absolute atomic E-state index is 13.2. The van der Waals surface area contributed by atoms with Gasteiger partial charge in [0.25, 0.3) is 0 Å². The fourth-order valence-corrected chi connectivity index (χ4v) is 1.66. The Bertz CT molecular complexity index is 561. The fourth-order valence-electron chi connectivity index (χ4n) is 1.21. The normalized spacial score (nSPS) is 10.6. The molecule has 0 aliphatic carbocycles. The highest BCUT2D eigenvalue weighted by molar-refractivity contribution is 9.10. The lowest BCUT2D eigenvalue weighted by Crippen LogP contribution is -2.13. The van der Waals surface area contributed by atoms with E-state index in [1.807, 2.05) is 0 Å². The van der Waals surface area contributed by atoms with Crippen LogP contribution in [0.3, 0.4) is 0 Å². The van der Waals surface area contributed by atoms with E-state index in [0.717, 1.165) is 0 Å². The predicted octanol–water partition coefficient (Wildman–Crippen LogP) is 1.68. The quantitative estimate of drug-likeness (QED) is 0.858. The lowest BCUT2D eigenvalue weighted by Gasteiger charge is -2.00. The second-order valence-electron chi connectivity index (χ2n) is 3.02. The van der Waals surface area contributed by atoms with Gasteiger partial charge in [-0.1, -0.05) is 6.07 Å². The van der Waals surface area contributed by atoms with Crippen LogP contribution in [0.25, 0.3) is 11.4 Å². The van der Waals surface area contributed by atoms with E-state index >= 15 is 0 Å². The molecule has 0 aliphatic heterocycles. The molecule has 0 bridgehead atoms. The summed E-state index contributed by atoms with van der Waals surface area (Å²) in [6.45, 7) is 0. The Morgan fingerprint density at radius 1 is 1.53 bits per heavy atom. The highest BCUT2D eigenvalue weighted by Crippen LogP contribution is 2.26. The van der Waals surface area contributed by atoms with Gasteiger partial charge in [0, 0.05) is 12.6 Å². The second-order valence-corrected chi connectivity index (χ2v) is 3.81. The van der Waals surface area contributed by atoms with E-state index in [2.05, 4.69) is 26.0 Å². The Morgan fingerprint density at radius 3 is 2.87 bits per heavy atom. The van der Waals surface area contributed by atoms with Crippen LogP contribution in [0, 0.1) is 5.82 Å². The van der Waals surface area contributed by atoms with Crippen LogP contribution in [0.4, 0.5) is 4.39 Å². The lowest BCUT2D eigenvalue weighted by atomic mass is 10.2. The maximum atomic E-state index is 13.2. The van der Waals surface area contributed by atoms with Crippen molar-refractivity contribution in [3.8, 4) is 11.4 Å². The van der Waals surface area contributed by atoms with Crippen molar-refractivity contribution in [2.75, 3.05) is 0 Å². The number of aryl methyl sites for hydroxylation is 1. The van der Waals surface area contributed by atoms with Gasteiger partial charge >= 0.3 is 5.69 Å². The van der Waals surface area contributed by atoms with Gasteiger partial charge in [-0.3, -0.25) is 5.10 Å². The molecule has 1 N–H and O–H groups in total. The van der Waals surface area contributed by atoms with Crippen molar-refractivity contribution in [3.63, 3.8) is 0 Å². The van der Waals surface area contributed by atoms with Crippen molar-refractivity contribution in [2.24, 2.45) is 7.05 Å². The Balaban J connectivity index is 2.64. The van der Waals surface area contributed by atoms with Crippen LogP contribution in [0.15, 0.2) is 27.5 Å². The molecule has 15 heavy (non-hydrogen) atoms. The molecule has 0 atom stereocenters. The van der Waals surface area contributed by atoms with Gasteiger partial charge in [-0.2, -0.15) is 4.98 Å². The number of hydrogen-bond acceptors (Lipinski definition) is 2. The minimum Gasteiger partial charge on any atom is -0.277 e. The number of nitrogens with one attached hydrogen (secondary N) is 1. The van der Waals surface area contributed by atoms with Crippen molar-refractivity contribution in [1.29, 1.82) is 0 Å². The average Bonchev–Trinajstić information content (AvgIpc) is 2.51. The first kappa shape index (κ1) is 10.1. The molecule has 4 nitrogen and oxygen atoms in total. The molecule has 0 unspecified atom stereocenters. The number of halogens is 2. The molecule has 1 aromatic heterocycles. The molecule has 0 fully saturated rings. The van der Waals surface area contributed by atoms with Crippen molar-refractivity contribution in [1.82, 2.24) is 14.8 Å². The molecule has 0 radical (unpaired) electrons. The zero-order valence-corrected chi connectivity index (χ0v) is 9.38. The lowest BCUT2D eigenvalue weighted by molar-refractivity contribution is 0.621. The maximum Gasteiger partial charge on any atom is 0.363 e. The van der Waals surface area contributed by atoms with Crippen LogP contribution in [-0.4, -0.2) is 14.8 Å². The molecule has 0 amide bonds. The Morgan fingerprint density at radius 2 is 2.27 bits per heavy atom. The highest BCUT2D eigenvalue weighted by Gasteiger charge is 2.11. The number of rotatable bonds is 1. The second kappa shape index (κ2) is 3.62. The topological polar surface area (TPSA) is 50.7 Å². The molecule has 0 saturated carbocycles. The van der Waals surface area contributed by atoms with E-state index in [9.17, 15) is 9.18 Å². The molecule has 1 aromatic carbocycles. The van der Waals surface area contributed by atoms with Crippen LogP contribution in [0.5, 0.6) is 0 Å². The van der Waals surface area contributed by atoms with Crippen LogP contribution < -0.4 is 5.69 Å². The molecule has 0 aliphatic rings. The predicted molar refractivity (Wildman–Crippen MR) is 56.9 cm³/mol. The number of aromatic amines is 1. The minimum atomic E-state index is -0.402. The van der Waals surface area contributed by atoms with E-state index in [-0.39, 0.29) is 5.82 Å². The Labute approximate surface area is 92.9 Å². The van der Waals surface area contributed by atoms with Gasteiger partial charge in [-0.05, 0) is 28.1 Å². The Kier molecular flexibility index (Phi) is 2.44. The molecule has 78 valence electrons. The van der Waals surface area contributed by atoms with Gasteiger partial charge in [0.2, 0.25) is 0 Å². The number of benzene rings is 1. The summed E-state index contributed by atoms with van der Waals surface area (Å²) in [6, 6.07) is 4.56. The molecule has 0 spiro atoms. The zero-order chi connectivity index (χ0) is 11.0. The summed E-state index contributed by atoms with van der Waals surface area (Å²) in [5.74, 6) is -0.0483. The molecule has 2 rings (SSSR count). The molecule has 1 heterocycles. The van der Waals surface area contributed by atoms with Crippen LogP contribution in [0.2, 0.25) is 0 Å². The van der Waals surface area contributed by atoms with Crippen molar-refractivity contribution in [3.05, 3.63) is 39.0 Å². The number of hydrogen-bond donors (Lipinski definition) is 1. The number of nitrogens with zero attached hydrogens (tertiary/aromatic N) is 2. The summed E-state index contributed by atoms with van der Waals surface area (Å²) >= 11 is 3.10. The summed E-state index contributed by atoms with van der Waals surface area (Å²) in [6.07, 6.45) is 0. The van der Waals surface area contributed by atoms with Gasteiger partial charge in [0.05, 0.1) is 4.47 Å². The molecule has 6 heteroatoms. The van der Waals surface area contributed by atoms with Crippen LogP contribution >= 0.6 is 15.9 Å². The van der Waals surface area contributed by atoms with Crippen LogP contribution in [0.1, 0.15) is 0 Å². The Hall–Kier alpha value is -1.43. The third-order valence-electron chi connectivity index (χ3n) is 1.97.